The number of hydrogen-bond acceptors (Lipinski definition) is 5. The average molecular weight is 422 g/mol. The number of aromatic amines is 2. The molecule has 0 fully saturated rings. The van der Waals surface area contributed by atoms with Crippen molar-refractivity contribution >= 4 is 22.1 Å². The molecule has 0 radical (unpaired) electrons. The summed E-state index contributed by atoms with van der Waals surface area (Å²) in [7, 11) is 0. The molecule has 2 aromatic carbocycles. The number of H-pyrrole nitrogens is 2. The van der Waals surface area contributed by atoms with Crippen molar-refractivity contribution in [3.8, 4) is 39.8 Å². The van der Waals surface area contributed by atoms with Gasteiger partial charge in [0.25, 0.3) is 0 Å². The molecule has 4 aromatic heterocycles. The molecule has 0 aliphatic carbocycles. The third-order valence-corrected chi connectivity index (χ3v) is 5.27. The second kappa shape index (κ2) is 6.98. The van der Waals surface area contributed by atoms with E-state index in [0.29, 0.717) is 33.7 Å². The number of benzene rings is 2. The highest BCUT2D eigenvalue weighted by Crippen LogP contribution is 2.33. The number of aromatic nitrogens is 6. The lowest BCUT2D eigenvalue weighted by molar-refractivity contribution is 0.469. The van der Waals surface area contributed by atoms with Gasteiger partial charge in [-0.15, -0.1) is 0 Å². The molecule has 0 aliphatic rings. The summed E-state index contributed by atoms with van der Waals surface area (Å²) in [6.07, 6.45) is 1.72. The molecule has 0 saturated carbocycles. The van der Waals surface area contributed by atoms with Crippen LogP contribution in [0, 0.1) is 5.82 Å². The molecule has 0 aliphatic heterocycles. The van der Waals surface area contributed by atoms with Crippen LogP contribution in [0.2, 0.25) is 0 Å². The van der Waals surface area contributed by atoms with E-state index in [9.17, 15) is 9.50 Å². The first kappa shape index (κ1) is 18.2. The fourth-order valence-electron chi connectivity index (χ4n) is 3.83. The lowest BCUT2D eigenvalue weighted by atomic mass is 10.0. The molecule has 7 nitrogen and oxygen atoms in total. The highest BCUT2D eigenvalue weighted by atomic mass is 19.1. The van der Waals surface area contributed by atoms with Crippen LogP contribution < -0.4 is 0 Å². The van der Waals surface area contributed by atoms with Crippen LogP contribution in [0.5, 0.6) is 5.75 Å². The van der Waals surface area contributed by atoms with E-state index in [1.165, 1.54) is 12.1 Å². The van der Waals surface area contributed by atoms with Gasteiger partial charge >= 0.3 is 0 Å². The Morgan fingerprint density at radius 3 is 2.59 bits per heavy atom. The SMILES string of the molecule is Oc1cc(F)cc(-c2cccc3[nH]c(-c4n[nH]c5ccc(-c6ccccn6)nc45)nc23)c1. The van der Waals surface area contributed by atoms with Crippen LogP contribution in [0.3, 0.4) is 0 Å². The third kappa shape index (κ3) is 2.97. The van der Waals surface area contributed by atoms with Gasteiger partial charge in [0, 0.05) is 17.8 Å². The van der Waals surface area contributed by atoms with Crippen LogP contribution >= 0.6 is 0 Å². The Kier molecular flexibility index (Phi) is 3.97. The van der Waals surface area contributed by atoms with Crippen molar-refractivity contribution in [1.29, 1.82) is 0 Å². The molecule has 0 spiro atoms. The maximum absolute atomic E-state index is 13.9. The second-order valence-corrected chi connectivity index (χ2v) is 7.37. The number of halogens is 1. The van der Waals surface area contributed by atoms with Gasteiger partial charge in [0.15, 0.2) is 11.5 Å². The Balaban J connectivity index is 1.52. The largest absolute Gasteiger partial charge is 0.508 e. The highest BCUT2D eigenvalue weighted by Gasteiger charge is 2.17. The summed E-state index contributed by atoms with van der Waals surface area (Å²) in [6.45, 7) is 0. The van der Waals surface area contributed by atoms with Crippen molar-refractivity contribution in [2.75, 3.05) is 0 Å². The topological polar surface area (TPSA) is 103 Å². The van der Waals surface area contributed by atoms with Crippen LogP contribution in [0.4, 0.5) is 4.39 Å². The van der Waals surface area contributed by atoms with Crippen molar-refractivity contribution in [3.05, 3.63) is 78.7 Å². The van der Waals surface area contributed by atoms with Gasteiger partial charge in [-0.05, 0) is 48.0 Å². The molecule has 6 aromatic rings. The van der Waals surface area contributed by atoms with E-state index in [0.717, 1.165) is 28.5 Å². The zero-order valence-electron chi connectivity index (χ0n) is 16.5. The Hall–Kier alpha value is -4.59. The maximum atomic E-state index is 13.9. The second-order valence-electron chi connectivity index (χ2n) is 7.37. The third-order valence-electron chi connectivity index (χ3n) is 5.27. The molecule has 154 valence electrons. The number of phenols is 1. The normalized spacial score (nSPS) is 11.4. The van der Waals surface area contributed by atoms with Crippen molar-refractivity contribution < 1.29 is 9.50 Å². The molecule has 3 N–H and O–H groups in total. The molecule has 0 saturated heterocycles. The summed E-state index contributed by atoms with van der Waals surface area (Å²) in [5, 5.41) is 17.2. The van der Waals surface area contributed by atoms with Gasteiger partial charge in [0.2, 0.25) is 0 Å². The highest BCUT2D eigenvalue weighted by molar-refractivity contribution is 5.96. The summed E-state index contributed by atoms with van der Waals surface area (Å²) in [6, 6.07) is 19.0. The van der Waals surface area contributed by atoms with E-state index >= 15 is 0 Å². The van der Waals surface area contributed by atoms with Gasteiger partial charge in [-0.2, -0.15) is 5.10 Å². The molecular weight excluding hydrogens is 407 g/mol. The fraction of sp³-hybridized carbons (Fsp3) is 0. The van der Waals surface area contributed by atoms with Crippen LogP contribution in [-0.2, 0) is 0 Å². The quantitative estimate of drug-likeness (QED) is 0.369. The minimum Gasteiger partial charge on any atom is -0.508 e. The van der Waals surface area contributed by atoms with Crippen molar-refractivity contribution in [1.82, 2.24) is 30.1 Å². The molecule has 0 atom stereocenters. The molecule has 32 heavy (non-hydrogen) atoms. The zero-order chi connectivity index (χ0) is 21.7. The number of hydrogen-bond donors (Lipinski definition) is 3. The van der Waals surface area contributed by atoms with Gasteiger partial charge in [-0.3, -0.25) is 10.1 Å². The number of imidazole rings is 1. The number of nitrogens with one attached hydrogen (secondary N) is 2. The molecule has 4 heterocycles. The lowest BCUT2D eigenvalue weighted by Gasteiger charge is -2.04. The smallest absolute Gasteiger partial charge is 0.161 e. The predicted molar refractivity (Wildman–Crippen MR) is 119 cm³/mol. The van der Waals surface area contributed by atoms with Gasteiger partial charge in [-0.25, -0.2) is 14.4 Å². The van der Waals surface area contributed by atoms with Crippen LogP contribution in [0.25, 0.3) is 56.1 Å². The summed E-state index contributed by atoms with van der Waals surface area (Å²) in [5.41, 5.74) is 6.14. The van der Waals surface area contributed by atoms with E-state index in [1.54, 1.807) is 6.20 Å². The van der Waals surface area contributed by atoms with E-state index in [1.807, 2.05) is 48.5 Å². The standard InChI is InChI=1S/C24H15FN6O/c25-14-10-13(11-15(32)12-14)16-4-3-6-19-21(16)29-24(28-19)23-22-20(30-31-23)8-7-18(27-22)17-5-1-2-9-26-17/h1-12,32H,(H,28,29)(H,30,31). The Bertz CT molecular complexity index is 1590. The average Bonchev–Trinajstić information content (AvgIpc) is 3.42. The molecule has 8 heteroatoms. The van der Waals surface area contributed by atoms with Gasteiger partial charge in [0.1, 0.15) is 17.1 Å². The maximum Gasteiger partial charge on any atom is 0.161 e. The summed E-state index contributed by atoms with van der Waals surface area (Å²) in [5.74, 6) is -0.125. The van der Waals surface area contributed by atoms with E-state index in [4.69, 9.17) is 9.97 Å². The van der Waals surface area contributed by atoms with E-state index in [2.05, 4.69) is 20.2 Å². The molecular formula is C24H15FN6O. The lowest BCUT2D eigenvalue weighted by Crippen LogP contribution is -1.88. The van der Waals surface area contributed by atoms with Crippen LogP contribution in [0.15, 0.2) is 72.9 Å². The van der Waals surface area contributed by atoms with Crippen molar-refractivity contribution in [2.24, 2.45) is 0 Å². The first-order valence-corrected chi connectivity index (χ1v) is 9.91. The van der Waals surface area contributed by atoms with Gasteiger partial charge < -0.3 is 10.1 Å². The first-order valence-electron chi connectivity index (χ1n) is 9.91. The predicted octanol–water partition coefficient (Wildman–Crippen LogP) is 5.07. The minimum atomic E-state index is -0.516. The molecule has 0 unspecified atom stereocenters. The first-order chi connectivity index (χ1) is 15.7. The minimum absolute atomic E-state index is 0.141. The number of nitrogens with zero attached hydrogens (tertiary/aromatic N) is 4. The number of fused-ring (bicyclic) bond motifs is 2. The monoisotopic (exact) mass is 422 g/mol. The summed E-state index contributed by atoms with van der Waals surface area (Å²) < 4.78 is 13.9. The van der Waals surface area contributed by atoms with Crippen LogP contribution in [-0.4, -0.2) is 35.2 Å². The van der Waals surface area contributed by atoms with Crippen molar-refractivity contribution in [3.63, 3.8) is 0 Å². The van der Waals surface area contributed by atoms with E-state index in [-0.39, 0.29) is 5.75 Å². The molecule has 0 bridgehead atoms. The van der Waals surface area contributed by atoms with Crippen molar-refractivity contribution in [2.45, 2.75) is 0 Å². The number of pyridine rings is 2. The zero-order valence-corrected chi connectivity index (χ0v) is 16.5. The van der Waals surface area contributed by atoms with Gasteiger partial charge in [0.05, 0.1) is 27.9 Å². The Morgan fingerprint density at radius 1 is 0.812 bits per heavy atom. The number of aromatic hydroxyl groups is 1. The number of rotatable bonds is 3. The van der Waals surface area contributed by atoms with E-state index < -0.39 is 5.82 Å². The Labute approximate surface area is 180 Å². The summed E-state index contributed by atoms with van der Waals surface area (Å²) in [4.78, 5) is 17.2. The molecule has 6 rings (SSSR count). The number of phenolic OH excluding ortho intramolecular Hbond substituents is 1. The van der Waals surface area contributed by atoms with Crippen LogP contribution in [0.1, 0.15) is 0 Å². The fourth-order valence-corrected chi connectivity index (χ4v) is 3.83. The molecule has 0 amide bonds. The van der Waals surface area contributed by atoms with Gasteiger partial charge in [-0.1, -0.05) is 18.2 Å². The number of para-hydroxylation sites is 1. The summed E-state index contributed by atoms with van der Waals surface area (Å²) >= 11 is 0. The Morgan fingerprint density at radius 2 is 1.75 bits per heavy atom.